The molecule has 0 radical (unpaired) electrons. The van der Waals surface area contributed by atoms with Crippen LogP contribution >= 0.6 is 24.0 Å². The molecule has 0 atom stereocenters. The number of halogens is 2. The van der Waals surface area contributed by atoms with Crippen molar-refractivity contribution in [3.05, 3.63) is 34.2 Å². The van der Waals surface area contributed by atoms with Gasteiger partial charge in [0.1, 0.15) is 4.32 Å². The highest BCUT2D eigenvalue weighted by molar-refractivity contribution is 8.26. The lowest BCUT2D eigenvalue weighted by Gasteiger charge is -2.13. The Kier molecular flexibility index (Phi) is 5.32. The highest BCUT2D eigenvalue weighted by atomic mass is 32.2. The minimum absolute atomic E-state index is 0.0730. The fraction of sp³-hybridized carbons (Fsp3) is 0.214. The maximum atomic E-state index is 13.3. The summed E-state index contributed by atoms with van der Waals surface area (Å²) in [5.74, 6) is -4.76. The van der Waals surface area contributed by atoms with E-state index in [-0.39, 0.29) is 34.2 Å². The van der Waals surface area contributed by atoms with Crippen LogP contribution in [0.2, 0.25) is 0 Å². The van der Waals surface area contributed by atoms with Gasteiger partial charge in [0, 0.05) is 13.0 Å². The van der Waals surface area contributed by atoms with Crippen LogP contribution in [0.1, 0.15) is 18.4 Å². The number of rotatable bonds is 5. The molecule has 1 heterocycles. The van der Waals surface area contributed by atoms with Gasteiger partial charge in [-0.05, 0) is 30.2 Å². The molecule has 1 fully saturated rings. The van der Waals surface area contributed by atoms with Crippen molar-refractivity contribution in [1.82, 2.24) is 4.90 Å². The van der Waals surface area contributed by atoms with Gasteiger partial charge in [-0.3, -0.25) is 14.5 Å². The predicted molar refractivity (Wildman–Crippen MR) is 84.8 cm³/mol. The zero-order valence-electron chi connectivity index (χ0n) is 11.6. The van der Waals surface area contributed by atoms with Gasteiger partial charge < -0.3 is 10.2 Å². The van der Waals surface area contributed by atoms with Crippen LogP contribution in [0.3, 0.4) is 0 Å². The maximum absolute atomic E-state index is 13.3. The number of carboxylic acid groups (broad SMARTS) is 1. The number of benzene rings is 1. The molecule has 1 aliphatic rings. The molecule has 1 saturated heterocycles. The van der Waals surface area contributed by atoms with Crippen molar-refractivity contribution in [2.45, 2.75) is 12.8 Å². The SMILES string of the molecule is O=C(O)CCCN1C(=O)/C(=C/c2cc(F)c(O)c(F)c2)SC1=S. The molecule has 0 bridgehead atoms. The van der Waals surface area contributed by atoms with E-state index in [0.29, 0.717) is 0 Å². The van der Waals surface area contributed by atoms with E-state index in [9.17, 15) is 18.4 Å². The number of phenolic OH excluding ortho intramolecular Hbond substituents is 1. The normalized spacial score (nSPS) is 16.4. The molecule has 9 heteroatoms. The molecule has 1 amide bonds. The molecule has 1 aromatic carbocycles. The largest absolute Gasteiger partial charge is 0.503 e. The fourth-order valence-electron chi connectivity index (χ4n) is 1.90. The molecule has 1 aromatic rings. The third kappa shape index (κ3) is 4.05. The topological polar surface area (TPSA) is 77.8 Å². The molecular formula is C14H11F2NO4S2. The zero-order valence-corrected chi connectivity index (χ0v) is 13.2. The number of carboxylic acids is 1. The zero-order chi connectivity index (χ0) is 17.1. The van der Waals surface area contributed by atoms with Gasteiger partial charge in [0.2, 0.25) is 0 Å². The summed E-state index contributed by atoms with van der Waals surface area (Å²) >= 11 is 6.02. The summed E-state index contributed by atoms with van der Waals surface area (Å²) in [6.45, 7) is 0.159. The fourth-order valence-corrected chi connectivity index (χ4v) is 3.21. The molecule has 1 aliphatic heterocycles. The van der Waals surface area contributed by atoms with E-state index in [2.05, 4.69) is 0 Å². The molecule has 0 unspecified atom stereocenters. The molecule has 23 heavy (non-hydrogen) atoms. The van der Waals surface area contributed by atoms with Gasteiger partial charge in [0.15, 0.2) is 17.4 Å². The standard InChI is InChI=1S/C14H11F2NO4S2/c15-8-4-7(5-9(16)12(8)20)6-10-13(21)17(14(22)23-10)3-1-2-11(18)19/h4-6,20H,1-3H2,(H,18,19)/b10-6-. The Bertz CT molecular complexity index is 698. The molecule has 0 spiro atoms. The Morgan fingerprint density at radius 2 is 1.96 bits per heavy atom. The summed E-state index contributed by atoms with van der Waals surface area (Å²) in [5, 5.41) is 17.6. The number of aliphatic carboxylic acids is 1. The van der Waals surface area contributed by atoms with Crippen LogP contribution in [-0.4, -0.2) is 37.9 Å². The van der Waals surface area contributed by atoms with Crippen molar-refractivity contribution in [1.29, 1.82) is 0 Å². The Morgan fingerprint density at radius 1 is 1.35 bits per heavy atom. The molecule has 122 valence electrons. The molecule has 2 N–H and O–H groups in total. The van der Waals surface area contributed by atoms with Gasteiger partial charge in [-0.1, -0.05) is 24.0 Å². The molecule has 5 nitrogen and oxygen atoms in total. The average molecular weight is 359 g/mol. The number of nitrogens with zero attached hydrogens (tertiary/aromatic N) is 1. The van der Waals surface area contributed by atoms with Crippen LogP contribution in [-0.2, 0) is 9.59 Å². The smallest absolute Gasteiger partial charge is 0.303 e. The summed E-state index contributed by atoms with van der Waals surface area (Å²) in [4.78, 5) is 24.1. The predicted octanol–water partition coefficient (Wildman–Crippen LogP) is 2.74. The number of aromatic hydroxyl groups is 1. The van der Waals surface area contributed by atoms with Crippen molar-refractivity contribution in [2.75, 3.05) is 6.54 Å². The Hall–Kier alpha value is -2.00. The summed E-state index contributed by atoms with van der Waals surface area (Å²) in [7, 11) is 0. The third-order valence-electron chi connectivity index (χ3n) is 2.98. The molecule has 2 rings (SSSR count). The van der Waals surface area contributed by atoms with Crippen molar-refractivity contribution in [2.24, 2.45) is 0 Å². The van der Waals surface area contributed by atoms with Crippen LogP contribution in [0, 0.1) is 11.6 Å². The van der Waals surface area contributed by atoms with Crippen molar-refractivity contribution in [3.63, 3.8) is 0 Å². The van der Waals surface area contributed by atoms with Crippen LogP contribution in [0.4, 0.5) is 8.78 Å². The second-order valence-corrected chi connectivity index (χ2v) is 6.34. The van der Waals surface area contributed by atoms with Crippen LogP contribution < -0.4 is 0 Å². The first-order valence-electron chi connectivity index (χ1n) is 6.44. The average Bonchev–Trinajstić information content (AvgIpc) is 2.71. The van der Waals surface area contributed by atoms with Gasteiger partial charge in [0.05, 0.1) is 4.91 Å². The second-order valence-electron chi connectivity index (χ2n) is 4.66. The first-order valence-corrected chi connectivity index (χ1v) is 7.67. The molecule has 0 aromatic heterocycles. The molecular weight excluding hydrogens is 348 g/mol. The Labute approximate surface area is 139 Å². The van der Waals surface area contributed by atoms with E-state index in [4.69, 9.17) is 22.4 Å². The van der Waals surface area contributed by atoms with E-state index in [1.165, 1.54) is 11.0 Å². The highest BCUT2D eigenvalue weighted by Gasteiger charge is 2.31. The Morgan fingerprint density at radius 3 is 2.52 bits per heavy atom. The monoisotopic (exact) mass is 359 g/mol. The first-order chi connectivity index (χ1) is 10.8. The van der Waals surface area contributed by atoms with E-state index >= 15 is 0 Å². The van der Waals surface area contributed by atoms with Gasteiger partial charge in [-0.2, -0.15) is 0 Å². The number of hydrogen-bond acceptors (Lipinski definition) is 5. The number of hydrogen-bond donors (Lipinski definition) is 2. The lowest BCUT2D eigenvalue weighted by molar-refractivity contribution is -0.137. The lowest BCUT2D eigenvalue weighted by Crippen LogP contribution is -2.29. The quantitative estimate of drug-likeness (QED) is 0.622. The van der Waals surface area contributed by atoms with E-state index < -0.39 is 29.3 Å². The van der Waals surface area contributed by atoms with Crippen LogP contribution in [0.25, 0.3) is 6.08 Å². The minimum Gasteiger partial charge on any atom is -0.503 e. The number of amides is 1. The first kappa shape index (κ1) is 17.4. The van der Waals surface area contributed by atoms with Crippen molar-refractivity contribution >= 4 is 46.3 Å². The summed E-state index contributed by atoms with van der Waals surface area (Å²) in [6.07, 6.45) is 1.42. The second kappa shape index (κ2) is 7.05. The van der Waals surface area contributed by atoms with Crippen LogP contribution in [0.5, 0.6) is 5.75 Å². The number of thioether (sulfide) groups is 1. The molecule has 0 saturated carbocycles. The van der Waals surface area contributed by atoms with Gasteiger partial charge in [-0.15, -0.1) is 0 Å². The number of thiocarbonyl (C=S) groups is 1. The van der Waals surface area contributed by atoms with E-state index in [1.54, 1.807) is 0 Å². The number of phenols is 1. The van der Waals surface area contributed by atoms with Crippen molar-refractivity contribution < 1.29 is 28.6 Å². The highest BCUT2D eigenvalue weighted by Crippen LogP contribution is 2.33. The minimum atomic E-state index is -1.13. The van der Waals surface area contributed by atoms with Gasteiger partial charge in [-0.25, -0.2) is 8.78 Å². The maximum Gasteiger partial charge on any atom is 0.303 e. The van der Waals surface area contributed by atoms with Crippen LogP contribution in [0.15, 0.2) is 17.0 Å². The van der Waals surface area contributed by atoms with E-state index in [0.717, 1.165) is 23.9 Å². The third-order valence-corrected chi connectivity index (χ3v) is 4.36. The number of carbonyl (C=O) groups is 2. The molecule has 0 aliphatic carbocycles. The van der Waals surface area contributed by atoms with Gasteiger partial charge >= 0.3 is 5.97 Å². The number of carbonyl (C=O) groups excluding carboxylic acids is 1. The lowest BCUT2D eigenvalue weighted by atomic mass is 10.2. The van der Waals surface area contributed by atoms with Crippen molar-refractivity contribution in [3.8, 4) is 5.75 Å². The summed E-state index contributed by atoms with van der Waals surface area (Å²) in [6, 6.07) is 1.80. The Balaban J connectivity index is 2.17. The van der Waals surface area contributed by atoms with E-state index in [1.807, 2.05) is 0 Å². The summed E-state index contributed by atoms with van der Waals surface area (Å²) < 4.78 is 26.9. The summed E-state index contributed by atoms with van der Waals surface area (Å²) in [5.41, 5.74) is 0.0730. The van der Waals surface area contributed by atoms with Gasteiger partial charge in [0.25, 0.3) is 5.91 Å².